The molecule has 0 bridgehead atoms. The molecule has 2 fully saturated rings. The van der Waals surface area contributed by atoms with Crippen LogP contribution in [-0.4, -0.2) is 48.7 Å². The highest BCUT2D eigenvalue weighted by Gasteiger charge is 2.38. The lowest BCUT2D eigenvalue weighted by Crippen LogP contribution is -2.49. The Morgan fingerprint density at radius 3 is 2.76 bits per heavy atom. The van der Waals surface area contributed by atoms with Crippen molar-refractivity contribution in [2.75, 3.05) is 37.7 Å². The molecule has 2 aliphatic heterocycles. The van der Waals surface area contributed by atoms with Crippen molar-refractivity contribution >= 4 is 5.82 Å². The van der Waals surface area contributed by atoms with Gasteiger partial charge in [0, 0.05) is 31.9 Å². The number of rotatable bonds is 5. The summed E-state index contributed by atoms with van der Waals surface area (Å²) in [5.41, 5.74) is 0. The van der Waals surface area contributed by atoms with Crippen LogP contribution in [0.25, 0.3) is 0 Å². The number of nitrogens with zero attached hydrogens (tertiary/aromatic N) is 3. The largest absolute Gasteiger partial charge is 0.492 e. The molecular formula is C20H24FN3O. The van der Waals surface area contributed by atoms with Crippen molar-refractivity contribution in [1.82, 2.24) is 9.88 Å². The number of aromatic nitrogens is 1. The van der Waals surface area contributed by atoms with Gasteiger partial charge in [0.15, 0.2) is 11.6 Å². The van der Waals surface area contributed by atoms with E-state index in [1.54, 1.807) is 12.3 Å². The Labute approximate surface area is 148 Å². The van der Waals surface area contributed by atoms with E-state index in [4.69, 9.17) is 4.74 Å². The first-order valence-corrected chi connectivity index (χ1v) is 9.08. The normalized spacial score (nSPS) is 23.5. The average molecular weight is 341 g/mol. The second-order valence-corrected chi connectivity index (χ2v) is 6.86. The summed E-state index contributed by atoms with van der Waals surface area (Å²) < 4.78 is 19.9. The molecular weight excluding hydrogens is 317 g/mol. The van der Waals surface area contributed by atoms with Gasteiger partial charge in [0.25, 0.3) is 0 Å². The van der Waals surface area contributed by atoms with Crippen molar-refractivity contribution in [3.63, 3.8) is 0 Å². The van der Waals surface area contributed by atoms with Crippen LogP contribution in [0.5, 0.6) is 5.75 Å². The van der Waals surface area contributed by atoms with Crippen LogP contribution in [0, 0.1) is 11.7 Å². The van der Waals surface area contributed by atoms with Gasteiger partial charge in [0.1, 0.15) is 12.4 Å². The predicted octanol–water partition coefficient (Wildman–Crippen LogP) is 3.20. The highest BCUT2D eigenvalue weighted by Crippen LogP contribution is 2.33. The average Bonchev–Trinajstić information content (AvgIpc) is 3.05. The second kappa shape index (κ2) is 7.40. The van der Waals surface area contributed by atoms with E-state index >= 15 is 0 Å². The van der Waals surface area contributed by atoms with Gasteiger partial charge in [-0.15, -0.1) is 0 Å². The van der Waals surface area contributed by atoms with Crippen LogP contribution in [0.4, 0.5) is 10.2 Å². The zero-order chi connectivity index (χ0) is 17.1. The SMILES string of the molecule is Fc1cccnc1N1CCC2CCN(CCOc3ccccc3)C2C1. The summed E-state index contributed by atoms with van der Waals surface area (Å²) in [6.45, 7) is 4.44. The first kappa shape index (κ1) is 16.3. The van der Waals surface area contributed by atoms with Gasteiger partial charge in [0.05, 0.1) is 0 Å². The van der Waals surface area contributed by atoms with Crippen LogP contribution in [0.15, 0.2) is 48.7 Å². The summed E-state index contributed by atoms with van der Waals surface area (Å²) in [5.74, 6) is 1.89. The predicted molar refractivity (Wildman–Crippen MR) is 96.4 cm³/mol. The van der Waals surface area contributed by atoms with Crippen LogP contribution < -0.4 is 9.64 Å². The minimum Gasteiger partial charge on any atom is -0.492 e. The summed E-state index contributed by atoms with van der Waals surface area (Å²) in [6.07, 6.45) is 4.01. The van der Waals surface area contributed by atoms with E-state index in [0.29, 0.717) is 24.4 Å². The zero-order valence-electron chi connectivity index (χ0n) is 14.4. The molecule has 2 aromatic rings. The number of anilines is 1. The standard InChI is InChI=1S/C20H24FN3O/c21-18-7-4-10-22-20(18)24-12-9-16-8-11-23(19(16)15-24)13-14-25-17-5-2-1-3-6-17/h1-7,10,16,19H,8-9,11-15H2. The Morgan fingerprint density at radius 1 is 1.08 bits per heavy atom. The molecule has 2 aliphatic rings. The first-order valence-electron chi connectivity index (χ1n) is 9.08. The minimum atomic E-state index is -0.224. The first-order chi connectivity index (χ1) is 12.3. The summed E-state index contributed by atoms with van der Waals surface area (Å²) in [5, 5.41) is 0. The van der Waals surface area contributed by atoms with Crippen LogP contribution in [-0.2, 0) is 0 Å². The maximum Gasteiger partial charge on any atom is 0.165 e. The summed E-state index contributed by atoms with van der Waals surface area (Å²) in [7, 11) is 0. The van der Waals surface area contributed by atoms with Crippen molar-refractivity contribution < 1.29 is 9.13 Å². The van der Waals surface area contributed by atoms with E-state index in [-0.39, 0.29) is 5.82 Å². The molecule has 2 saturated heterocycles. The van der Waals surface area contributed by atoms with Crippen LogP contribution in [0.3, 0.4) is 0 Å². The Hall–Kier alpha value is -2.14. The molecule has 0 saturated carbocycles. The number of hydrogen-bond donors (Lipinski definition) is 0. The fourth-order valence-corrected chi connectivity index (χ4v) is 4.11. The van der Waals surface area contributed by atoms with E-state index in [1.165, 1.54) is 12.5 Å². The molecule has 5 heteroatoms. The summed E-state index contributed by atoms with van der Waals surface area (Å²) in [6, 6.07) is 13.5. The second-order valence-electron chi connectivity index (χ2n) is 6.86. The van der Waals surface area contributed by atoms with Gasteiger partial charge in [-0.3, -0.25) is 4.90 Å². The molecule has 1 aromatic heterocycles. The summed E-state index contributed by atoms with van der Waals surface area (Å²) >= 11 is 0. The number of benzene rings is 1. The van der Waals surface area contributed by atoms with Crippen molar-refractivity contribution in [2.24, 2.45) is 5.92 Å². The Balaban J connectivity index is 1.36. The number of hydrogen-bond acceptors (Lipinski definition) is 4. The van der Waals surface area contributed by atoms with Gasteiger partial charge in [-0.25, -0.2) is 9.37 Å². The fraction of sp³-hybridized carbons (Fsp3) is 0.450. The third-order valence-corrected chi connectivity index (χ3v) is 5.41. The maximum atomic E-state index is 14.1. The van der Waals surface area contributed by atoms with E-state index < -0.39 is 0 Å². The van der Waals surface area contributed by atoms with Crippen LogP contribution >= 0.6 is 0 Å². The Kier molecular flexibility index (Phi) is 4.83. The topological polar surface area (TPSA) is 28.6 Å². The van der Waals surface area contributed by atoms with Gasteiger partial charge in [-0.05, 0) is 49.6 Å². The fourth-order valence-electron chi connectivity index (χ4n) is 4.11. The molecule has 25 heavy (non-hydrogen) atoms. The molecule has 2 unspecified atom stereocenters. The maximum absolute atomic E-state index is 14.1. The monoisotopic (exact) mass is 341 g/mol. The molecule has 0 spiro atoms. The minimum absolute atomic E-state index is 0.224. The number of ether oxygens (including phenoxy) is 1. The van der Waals surface area contributed by atoms with Crippen molar-refractivity contribution in [2.45, 2.75) is 18.9 Å². The van der Waals surface area contributed by atoms with Gasteiger partial charge in [-0.1, -0.05) is 18.2 Å². The summed E-state index contributed by atoms with van der Waals surface area (Å²) in [4.78, 5) is 8.86. The van der Waals surface area contributed by atoms with Gasteiger partial charge in [-0.2, -0.15) is 0 Å². The molecule has 0 radical (unpaired) electrons. The molecule has 132 valence electrons. The van der Waals surface area contributed by atoms with E-state index in [2.05, 4.69) is 14.8 Å². The number of piperidine rings is 1. The third-order valence-electron chi connectivity index (χ3n) is 5.41. The van der Waals surface area contributed by atoms with E-state index in [9.17, 15) is 4.39 Å². The molecule has 0 aliphatic carbocycles. The lowest BCUT2D eigenvalue weighted by atomic mass is 9.92. The van der Waals surface area contributed by atoms with E-state index in [1.807, 2.05) is 30.3 Å². The number of para-hydroxylation sites is 1. The molecule has 1 aromatic carbocycles. The van der Waals surface area contributed by atoms with E-state index in [0.717, 1.165) is 38.3 Å². The Bertz CT molecular complexity index is 696. The van der Waals surface area contributed by atoms with Gasteiger partial charge >= 0.3 is 0 Å². The van der Waals surface area contributed by atoms with Crippen LogP contribution in [0.2, 0.25) is 0 Å². The smallest absolute Gasteiger partial charge is 0.165 e. The molecule has 4 nitrogen and oxygen atoms in total. The quantitative estimate of drug-likeness (QED) is 0.835. The number of pyridine rings is 1. The highest BCUT2D eigenvalue weighted by molar-refractivity contribution is 5.40. The number of likely N-dealkylation sites (tertiary alicyclic amines) is 1. The molecule has 2 atom stereocenters. The highest BCUT2D eigenvalue weighted by atomic mass is 19.1. The lowest BCUT2D eigenvalue weighted by Gasteiger charge is -2.39. The van der Waals surface area contributed by atoms with Crippen molar-refractivity contribution in [3.8, 4) is 5.75 Å². The van der Waals surface area contributed by atoms with Gasteiger partial charge in [0.2, 0.25) is 0 Å². The molecule has 0 amide bonds. The molecule has 0 N–H and O–H groups in total. The van der Waals surface area contributed by atoms with Crippen LogP contribution in [0.1, 0.15) is 12.8 Å². The third kappa shape index (κ3) is 3.61. The number of halogens is 1. The van der Waals surface area contributed by atoms with Crippen molar-refractivity contribution in [3.05, 3.63) is 54.5 Å². The number of fused-ring (bicyclic) bond motifs is 1. The molecule has 4 rings (SSSR count). The van der Waals surface area contributed by atoms with Crippen molar-refractivity contribution in [1.29, 1.82) is 0 Å². The lowest BCUT2D eigenvalue weighted by molar-refractivity contribution is 0.171. The van der Waals surface area contributed by atoms with Gasteiger partial charge < -0.3 is 9.64 Å². The zero-order valence-corrected chi connectivity index (χ0v) is 14.4. The Morgan fingerprint density at radius 2 is 1.92 bits per heavy atom. The molecule has 3 heterocycles.